The normalized spacial score (nSPS) is 16.0. The molecule has 1 fully saturated rings. The molecule has 0 radical (unpaired) electrons. The second-order valence-electron chi connectivity index (χ2n) is 5.24. The summed E-state index contributed by atoms with van der Waals surface area (Å²) >= 11 is 0. The molecule has 0 amide bonds. The highest BCUT2D eigenvalue weighted by molar-refractivity contribution is 7.89. The molecule has 2 heterocycles. The van der Waals surface area contributed by atoms with E-state index in [2.05, 4.69) is 9.88 Å². The summed E-state index contributed by atoms with van der Waals surface area (Å²) < 4.78 is 26.8. The van der Waals surface area contributed by atoms with Crippen molar-refractivity contribution in [1.82, 2.24) is 9.29 Å². The summed E-state index contributed by atoms with van der Waals surface area (Å²) in [5.74, 6) is 0. The summed E-state index contributed by atoms with van der Waals surface area (Å²) in [5.41, 5.74) is 1.34. The van der Waals surface area contributed by atoms with Crippen LogP contribution in [0.4, 0.5) is 5.69 Å². The summed E-state index contributed by atoms with van der Waals surface area (Å²) in [6.45, 7) is 2.05. The van der Waals surface area contributed by atoms with E-state index < -0.39 is 10.0 Å². The molecular weight excluding hydrogens is 312 g/mol. The lowest BCUT2D eigenvalue weighted by atomic mass is 10.2. The van der Waals surface area contributed by atoms with Crippen molar-refractivity contribution in [2.75, 3.05) is 31.1 Å². The van der Waals surface area contributed by atoms with Crippen molar-refractivity contribution in [1.29, 1.82) is 5.26 Å². The van der Waals surface area contributed by atoms with Gasteiger partial charge in [-0.25, -0.2) is 8.42 Å². The predicted molar refractivity (Wildman–Crippen MR) is 86.4 cm³/mol. The second kappa shape index (κ2) is 6.36. The van der Waals surface area contributed by atoms with E-state index >= 15 is 0 Å². The lowest BCUT2D eigenvalue weighted by Gasteiger charge is -2.35. The zero-order valence-electron chi connectivity index (χ0n) is 12.5. The van der Waals surface area contributed by atoms with Crippen LogP contribution in [0.15, 0.2) is 53.7 Å². The fourth-order valence-electron chi connectivity index (χ4n) is 2.60. The molecule has 1 aliphatic heterocycles. The van der Waals surface area contributed by atoms with E-state index in [-0.39, 0.29) is 4.90 Å². The van der Waals surface area contributed by atoms with Crippen LogP contribution >= 0.6 is 0 Å². The van der Waals surface area contributed by atoms with Gasteiger partial charge in [-0.1, -0.05) is 6.07 Å². The van der Waals surface area contributed by atoms with Crippen LogP contribution in [0, 0.1) is 11.3 Å². The summed E-state index contributed by atoms with van der Waals surface area (Å²) in [7, 11) is -3.56. The van der Waals surface area contributed by atoms with Crippen molar-refractivity contribution in [3.8, 4) is 6.07 Å². The van der Waals surface area contributed by atoms with Crippen LogP contribution in [0.25, 0.3) is 0 Å². The third-order valence-corrected chi connectivity index (χ3v) is 5.75. The quantitative estimate of drug-likeness (QED) is 0.852. The van der Waals surface area contributed by atoms with E-state index in [9.17, 15) is 8.42 Å². The van der Waals surface area contributed by atoms with Crippen molar-refractivity contribution in [3.63, 3.8) is 0 Å². The zero-order chi connectivity index (χ0) is 16.3. The number of anilines is 1. The molecule has 0 unspecified atom stereocenters. The number of pyridine rings is 1. The summed E-state index contributed by atoms with van der Waals surface area (Å²) in [6.07, 6.45) is 3.49. The van der Waals surface area contributed by atoms with Crippen LogP contribution in [-0.2, 0) is 10.0 Å². The molecule has 1 saturated heterocycles. The molecule has 2 aromatic rings. The first-order valence-corrected chi connectivity index (χ1v) is 8.70. The Kier molecular flexibility index (Phi) is 4.28. The van der Waals surface area contributed by atoms with E-state index in [0.29, 0.717) is 31.7 Å². The Hall–Kier alpha value is -2.43. The summed E-state index contributed by atoms with van der Waals surface area (Å²) in [5, 5.41) is 8.93. The Labute approximate surface area is 135 Å². The predicted octanol–water partition coefficient (Wildman–Crippen LogP) is 1.46. The van der Waals surface area contributed by atoms with Gasteiger partial charge in [0.25, 0.3) is 0 Å². The molecule has 3 rings (SSSR count). The van der Waals surface area contributed by atoms with E-state index in [1.807, 2.05) is 18.2 Å². The summed E-state index contributed by atoms with van der Waals surface area (Å²) in [6, 6.07) is 11.9. The highest BCUT2D eigenvalue weighted by atomic mass is 32.2. The number of benzene rings is 1. The Balaban J connectivity index is 1.75. The van der Waals surface area contributed by atoms with E-state index in [0.717, 1.165) is 5.69 Å². The lowest BCUT2D eigenvalue weighted by molar-refractivity contribution is 0.385. The van der Waals surface area contributed by atoms with Gasteiger partial charge in [0, 0.05) is 32.4 Å². The Morgan fingerprint density at radius 1 is 1.09 bits per heavy atom. The number of piperazine rings is 1. The average Bonchev–Trinajstić information content (AvgIpc) is 2.62. The van der Waals surface area contributed by atoms with Gasteiger partial charge >= 0.3 is 0 Å². The second-order valence-corrected chi connectivity index (χ2v) is 7.18. The first kappa shape index (κ1) is 15.5. The molecule has 7 heteroatoms. The Bertz CT molecular complexity index is 823. The van der Waals surface area contributed by atoms with Crippen molar-refractivity contribution in [2.24, 2.45) is 0 Å². The topological polar surface area (TPSA) is 77.3 Å². The van der Waals surface area contributed by atoms with Crippen LogP contribution in [0.5, 0.6) is 0 Å². The minimum absolute atomic E-state index is 0.173. The number of hydrogen-bond donors (Lipinski definition) is 0. The third kappa shape index (κ3) is 3.18. The Morgan fingerprint density at radius 2 is 1.87 bits per heavy atom. The van der Waals surface area contributed by atoms with Crippen molar-refractivity contribution >= 4 is 15.7 Å². The largest absolute Gasteiger partial charge is 0.368 e. The standard InChI is InChI=1S/C16H16N4O2S/c17-12-14-3-1-5-16(11-14)23(21,22)20-9-7-19(8-10-20)15-4-2-6-18-13-15/h1-6,11,13H,7-10H2. The molecular formula is C16H16N4O2S. The van der Waals surface area contributed by atoms with Gasteiger partial charge < -0.3 is 4.90 Å². The minimum Gasteiger partial charge on any atom is -0.368 e. The van der Waals surface area contributed by atoms with Crippen molar-refractivity contribution < 1.29 is 8.42 Å². The molecule has 1 aromatic heterocycles. The fourth-order valence-corrected chi connectivity index (χ4v) is 4.07. The molecule has 1 aromatic carbocycles. The minimum atomic E-state index is -3.56. The number of hydrogen-bond acceptors (Lipinski definition) is 5. The highest BCUT2D eigenvalue weighted by Gasteiger charge is 2.28. The number of sulfonamides is 1. The van der Waals surface area contributed by atoms with Crippen LogP contribution < -0.4 is 4.90 Å². The highest BCUT2D eigenvalue weighted by Crippen LogP contribution is 2.21. The van der Waals surface area contributed by atoms with Crippen LogP contribution in [0.1, 0.15) is 5.56 Å². The van der Waals surface area contributed by atoms with Crippen molar-refractivity contribution in [2.45, 2.75) is 4.90 Å². The number of rotatable bonds is 3. The summed E-state index contributed by atoms with van der Waals surface area (Å²) in [4.78, 5) is 6.38. The molecule has 0 atom stereocenters. The number of nitriles is 1. The first-order valence-electron chi connectivity index (χ1n) is 7.26. The smallest absolute Gasteiger partial charge is 0.243 e. The molecule has 0 aliphatic carbocycles. The molecule has 0 N–H and O–H groups in total. The molecule has 0 spiro atoms. The van der Waals surface area contributed by atoms with E-state index in [1.54, 1.807) is 24.5 Å². The maximum absolute atomic E-state index is 12.7. The molecule has 1 aliphatic rings. The molecule has 118 valence electrons. The van der Waals surface area contributed by atoms with Gasteiger partial charge in [0.15, 0.2) is 0 Å². The maximum Gasteiger partial charge on any atom is 0.243 e. The third-order valence-electron chi connectivity index (χ3n) is 3.85. The van der Waals surface area contributed by atoms with Gasteiger partial charge in [-0.05, 0) is 30.3 Å². The van der Waals surface area contributed by atoms with Gasteiger partial charge in [-0.15, -0.1) is 0 Å². The van der Waals surface area contributed by atoms with Gasteiger partial charge in [-0.2, -0.15) is 9.57 Å². The van der Waals surface area contributed by atoms with Crippen molar-refractivity contribution in [3.05, 3.63) is 54.4 Å². The van der Waals surface area contributed by atoms with Crippen LogP contribution in [0.2, 0.25) is 0 Å². The van der Waals surface area contributed by atoms with Crippen LogP contribution in [-0.4, -0.2) is 43.9 Å². The molecule has 0 bridgehead atoms. The number of nitrogens with zero attached hydrogens (tertiary/aromatic N) is 4. The van der Waals surface area contributed by atoms with Gasteiger partial charge in [0.1, 0.15) is 0 Å². The van der Waals surface area contributed by atoms with E-state index in [1.165, 1.54) is 16.4 Å². The lowest BCUT2D eigenvalue weighted by Crippen LogP contribution is -2.48. The monoisotopic (exact) mass is 328 g/mol. The van der Waals surface area contributed by atoms with Gasteiger partial charge in [-0.3, -0.25) is 4.98 Å². The van der Waals surface area contributed by atoms with Crippen LogP contribution in [0.3, 0.4) is 0 Å². The zero-order valence-corrected chi connectivity index (χ0v) is 13.3. The maximum atomic E-state index is 12.7. The van der Waals surface area contributed by atoms with E-state index in [4.69, 9.17) is 5.26 Å². The average molecular weight is 328 g/mol. The SMILES string of the molecule is N#Cc1cccc(S(=O)(=O)N2CCN(c3cccnc3)CC2)c1. The van der Waals surface area contributed by atoms with Gasteiger partial charge in [0.2, 0.25) is 10.0 Å². The Morgan fingerprint density at radius 3 is 2.52 bits per heavy atom. The molecule has 23 heavy (non-hydrogen) atoms. The first-order chi connectivity index (χ1) is 11.1. The number of aromatic nitrogens is 1. The van der Waals surface area contributed by atoms with Gasteiger partial charge in [0.05, 0.1) is 28.4 Å². The molecule has 0 saturated carbocycles. The fraction of sp³-hybridized carbons (Fsp3) is 0.250. The molecule has 6 nitrogen and oxygen atoms in total.